The number of hydrogen-bond acceptors (Lipinski definition) is 13. The number of carbonyl (C=O) groups is 1. The second-order valence-corrected chi connectivity index (χ2v) is 11.4. The SMILES string of the molecule is CCOC(=O)[C@H](C)NP(=O)(OC[C@H]1O[C@@H](n2cnc3c(OC)nc(N)nc32)[C@](C)(N=[N+]=[N-])C1O)Oc1ccc(Cl)cc1. The van der Waals surface area contributed by atoms with Crippen LogP contribution in [-0.2, 0) is 23.4 Å². The molecule has 3 heterocycles. The lowest BCUT2D eigenvalue weighted by atomic mass is 9.93. The van der Waals surface area contributed by atoms with Crippen molar-refractivity contribution in [2.45, 2.75) is 50.8 Å². The van der Waals surface area contributed by atoms with Crippen LogP contribution in [0.4, 0.5) is 5.95 Å². The molecule has 0 spiro atoms. The number of halogens is 1. The zero-order valence-corrected chi connectivity index (χ0v) is 24.6. The minimum Gasteiger partial charge on any atom is -0.479 e. The van der Waals surface area contributed by atoms with E-state index >= 15 is 0 Å². The number of imidazole rings is 1. The fourth-order valence-electron chi connectivity index (χ4n) is 4.26. The Hall–Kier alpha value is -3.69. The zero-order valence-electron chi connectivity index (χ0n) is 22.9. The van der Waals surface area contributed by atoms with Crippen LogP contribution in [-0.4, -0.2) is 74.7 Å². The highest BCUT2D eigenvalue weighted by atomic mass is 35.5. The maximum Gasteiger partial charge on any atom is 0.459 e. The second kappa shape index (κ2) is 12.7. The number of nitrogens with one attached hydrogen (secondary N) is 1. The highest BCUT2D eigenvalue weighted by Gasteiger charge is 2.55. The molecular formula is C23H29ClN9O8P. The number of rotatable bonds is 12. The zero-order chi connectivity index (χ0) is 30.7. The van der Waals surface area contributed by atoms with Crippen LogP contribution >= 0.6 is 19.3 Å². The summed E-state index contributed by atoms with van der Waals surface area (Å²) in [5.41, 5.74) is 14.0. The highest BCUT2D eigenvalue weighted by Crippen LogP contribution is 2.48. The number of esters is 1. The first kappa shape index (κ1) is 31.3. The molecule has 4 N–H and O–H groups in total. The molecule has 226 valence electrons. The summed E-state index contributed by atoms with van der Waals surface area (Å²) < 4.78 is 42.8. The van der Waals surface area contributed by atoms with Crippen molar-refractivity contribution in [1.29, 1.82) is 0 Å². The fourth-order valence-corrected chi connectivity index (χ4v) is 5.88. The van der Waals surface area contributed by atoms with Gasteiger partial charge in [-0.25, -0.2) is 9.55 Å². The number of methoxy groups -OCH3 is 1. The quantitative estimate of drug-likeness (QED) is 0.0864. The van der Waals surface area contributed by atoms with Gasteiger partial charge in [0.05, 0.1) is 32.8 Å². The van der Waals surface area contributed by atoms with E-state index in [1.165, 1.54) is 56.1 Å². The van der Waals surface area contributed by atoms with Crippen LogP contribution in [0, 0.1) is 0 Å². The number of azide groups is 1. The van der Waals surface area contributed by atoms with Crippen molar-refractivity contribution in [3.8, 4) is 11.6 Å². The molecule has 1 aliphatic heterocycles. The molecule has 0 aliphatic carbocycles. The predicted octanol–water partition coefficient (Wildman–Crippen LogP) is 3.14. The number of benzene rings is 1. The number of anilines is 1. The van der Waals surface area contributed by atoms with E-state index < -0.39 is 50.3 Å². The number of aromatic nitrogens is 4. The molecule has 42 heavy (non-hydrogen) atoms. The minimum absolute atomic E-state index is 0.0981. The van der Waals surface area contributed by atoms with Gasteiger partial charge in [0, 0.05) is 9.93 Å². The molecule has 2 unspecified atom stereocenters. The van der Waals surface area contributed by atoms with Crippen LogP contribution in [0.15, 0.2) is 35.7 Å². The Kier molecular flexibility index (Phi) is 9.43. The van der Waals surface area contributed by atoms with E-state index in [1.54, 1.807) is 6.92 Å². The molecule has 2 aromatic heterocycles. The third kappa shape index (κ3) is 6.37. The van der Waals surface area contributed by atoms with Gasteiger partial charge in [0.15, 0.2) is 17.4 Å². The van der Waals surface area contributed by atoms with Crippen molar-refractivity contribution in [3.63, 3.8) is 0 Å². The van der Waals surface area contributed by atoms with Gasteiger partial charge >= 0.3 is 13.7 Å². The molecule has 0 radical (unpaired) electrons. The number of nitrogen functional groups attached to an aromatic ring is 1. The Morgan fingerprint density at radius 1 is 1.40 bits per heavy atom. The van der Waals surface area contributed by atoms with Crippen LogP contribution in [0.25, 0.3) is 21.6 Å². The number of carbonyl (C=O) groups excluding carboxylic acids is 1. The molecule has 0 bridgehead atoms. The maximum atomic E-state index is 13.9. The molecule has 4 rings (SSSR count). The third-order valence-electron chi connectivity index (χ3n) is 6.31. The van der Waals surface area contributed by atoms with E-state index in [0.717, 1.165) is 0 Å². The summed E-state index contributed by atoms with van der Waals surface area (Å²) in [6, 6.07) is 4.83. The molecule has 1 saturated heterocycles. The van der Waals surface area contributed by atoms with Crippen molar-refractivity contribution >= 4 is 42.4 Å². The van der Waals surface area contributed by atoms with Gasteiger partial charge in [-0.3, -0.25) is 13.9 Å². The summed E-state index contributed by atoms with van der Waals surface area (Å²) in [4.78, 5) is 27.6. The number of nitrogens with zero attached hydrogens (tertiary/aromatic N) is 7. The van der Waals surface area contributed by atoms with Gasteiger partial charge in [0.25, 0.3) is 0 Å². The topological polar surface area (TPSA) is 231 Å². The van der Waals surface area contributed by atoms with E-state index in [9.17, 15) is 20.0 Å². The third-order valence-corrected chi connectivity index (χ3v) is 8.20. The maximum absolute atomic E-state index is 13.9. The molecule has 1 aliphatic rings. The first-order chi connectivity index (χ1) is 19.9. The van der Waals surface area contributed by atoms with Gasteiger partial charge in [-0.15, -0.1) is 0 Å². The van der Waals surface area contributed by atoms with Gasteiger partial charge in [-0.2, -0.15) is 15.1 Å². The van der Waals surface area contributed by atoms with Crippen LogP contribution in [0.2, 0.25) is 5.02 Å². The summed E-state index contributed by atoms with van der Waals surface area (Å²) >= 11 is 5.94. The molecular weight excluding hydrogens is 597 g/mol. The van der Waals surface area contributed by atoms with Crippen LogP contribution < -0.4 is 20.1 Å². The molecule has 1 aromatic carbocycles. The van der Waals surface area contributed by atoms with Crippen molar-refractivity contribution in [2.75, 3.05) is 26.1 Å². The number of aliphatic hydroxyl groups is 1. The average molecular weight is 626 g/mol. The Labute approximate surface area is 244 Å². The lowest BCUT2D eigenvalue weighted by molar-refractivity contribution is -0.144. The summed E-state index contributed by atoms with van der Waals surface area (Å²) in [5, 5.41) is 18.0. The summed E-state index contributed by atoms with van der Waals surface area (Å²) in [5.74, 6) is -0.598. The van der Waals surface area contributed by atoms with Crippen LogP contribution in [0.1, 0.15) is 27.0 Å². The first-order valence-corrected chi connectivity index (χ1v) is 14.4. The van der Waals surface area contributed by atoms with E-state index in [0.29, 0.717) is 5.02 Å². The van der Waals surface area contributed by atoms with Gasteiger partial charge in [-0.05, 0) is 50.6 Å². The Morgan fingerprint density at radius 3 is 2.76 bits per heavy atom. The lowest BCUT2D eigenvalue weighted by Crippen LogP contribution is -2.43. The van der Waals surface area contributed by atoms with E-state index in [4.69, 9.17) is 40.6 Å². The van der Waals surface area contributed by atoms with Crippen molar-refractivity contribution in [2.24, 2.45) is 5.11 Å². The van der Waals surface area contributed by atoms with E-state index in [1.807, 2.05) is 0 Å². The number of hydrogen-bond donors (Lipinski definition) is 3. The summed E-state index contributed by atoms with van der Waals surface area (Å²) in [6.45, 7) is 4.07. The number of aliphatic hydroxyl groups excluding tert-OH is 1. The Morgan fingerprint density at radius 2 is 2.12 bits per heavy atom. The van der Waals surface area contributed by atoms with Crippen LogP contribution in [0.3, 0.4) is 0 Å². The van der Waals surface area contributed by atoms with Crippen molar-refractivity contribution in [1.82, 2.24) is 24.6 Å². The Balaban J connectivity index is 1.63. The van der Waals surface area contributed by atoms with E-state index in [-0.39, 0.29) is 35.3 Å². The fraction of sp³-hybridized carbons (Fsp3) is 0.478. The van der Waals surface area contributed by atoms with Gasteiger partial charge in [0.1, 0.15) is 23.4 Å². The highest BCUT2D eigenvalue weighted by molar-refractivity contribution is 7.52. The normalized spacial score (nSPS) is 24.0. The number of fused-ring (bicyclic) bond motifs is 1. The standard InChI is InChI=1S/C23H29ClN9O8P/c1-5-38-20(35)12(2)30-42(36,41-14-8-6-13(24)7-9-14)39-10-15-17(34)23(3,31-32-26)21(40-15)33-11-27-16-18(33)28-22(25)29-19(16)37-4/h6-9,11-12,15,17,21,34H,5,10H2,1-4H3,(H,30,36)(H2,25,28,29)/t12-,15+,17?,21+,23+,42?/m0/s1. The monoisotopic (exact) mass is 625 g/mol. The molecule has 3 aromatic rings. The predicted molar refractivity (Wildman–Crippen MR) is 149 cm³/mol. The molecule has 19 heteroatoms. The van der Waals surface area contributed by atoms with Gasteiger partial charge in [-0.1, -0.05) is 16.7 Å². The first-order valence-electron chi connectivity index (χ1n) is 12.5. The molecule has 1 fully saturated rings. The van der Waals surface area contributed by atoms with Gasteiger partial charge in [0.2, 0.25) is 11.8 Å². The minimum atomic E-state index is -4.32. The van der Waals surface area contributed by atoms with E-state index in [2.05, 4.69) is 30.1 Å². The van der Waals surface area contributed by atoms with Gasteiger partial charge < -0.3 is 29.6 Å². The molecule has 17 nitrogen and oxygen atoms in total. The van der Waals surface area contributed by atoms with Crippen molar-refractivity contribution < 1.29 is 37.7 Å². The lowest BCUT2D eigenvalue weighted by Gasteiger charge is -2.28. The largest absolute Gasteiger partial charge is 0.479 e. The number of ether oxygens (including phenoxy) is 3. The van der Waals surface area contributed by atoms with Crippen LogP contribution in [0.5, 0.6) is 11.6 Å². The summed E-state index contributed by atoms with van der Waals surface area (Å²) in [6.07, 6.45) is -2.54. The smallest absolute Gasteiger partial charge is 0.459 e. The molecule has 0 saturated carbocycles. The Bertz CT molecular complexity index is 1540. The number of nitrogens with two attached hydrogens (primary N) is 1. The molecule has 0 amide bonds. The average Bonchev–Trinajstić information content (AvgIpc) is 3.46. The van der Waals surface area contributed by atoms with Crippen molar-refractivity contribution in [3.05, 3.63) is 46.1 Å². The second-order valence-electron chi connectivity index (χ2n) is 9.24. The molecule has 6 atom stereocenters. The summed E-state index contributed by atoms with van der Waals surface area (Å²) in [7, 11) is -2.94.